The van der Waals surface area contributed by atoms with Crippen LogP contribution in [0.5, 0.6) is 0 Å². The molecule has 130 valence electrons. The lowest BCUT2D eigenvalue weighted by molar-refractivity contribution is 0.115. The van der Waals surface area contributed by atoms with E-state index < -0.39 is 0 Å². The van der Waals surface area contributed by atoms with Crippen LogP contribution in [0.1, 0.15) is 10.8 Å². The van der Waals surface area contributed by atoms with Gasteiger partial charge in [-0.1, -0.05) is 6.07 Å². The quantitative estimate of drug-likeness (QED) is 0.701. The van der Waals surface area contributed by atoms with Gasteiger partial charge < -0.3 is 4.42 Å². The lowest BCUT2D eigenvalue weighted by Crippen LogP contribution is -2.45. The molecule has 4 rings (SSSR count). The van der Waals surface area contributed by atoms with E-state index in [0.717, 1.165) is 38.3 Å². The molecule has 7 heteroatoms. The van der Waals surface area contributed by atoms with Crippen molar-refractivity contribution in [1.82, 2.24) is 20.0 Å². The average Bonchev–Trinajstić information content (AvgIpc) is 3.29. The minimum Gasteiger partial charge on any atom is -0.419 e. The van der Waals surface area contributed by atoms with Crippen LogP contribution in [-0.2, 0) is 13.1 Å². The number of halogens is 1. The molecule has 0 N–H and O–H groups in total. The van der Waals surface area contributed by atoms with Gasteiger partial charge in [-0.2, -0.15) is 0 Å². The molecule has 0 amide bonds. The first-order valence-corrected chi connectivity index (χ1v) is 9.20. The van der Waals surface area contributed by atoms with Gasteiger partial charge in [-0.05, 0) is 35.7 Å². The van der Waals surface area contributed by atoms with Crippen LogP contribution in [0.15, 0.2) is 46.2 Å². The van der Waals surface area contributed by atoms with Crippen molar-refractivity contribution in [2.24, 2.45) is 0 Å². The maximum atomic E-state index is 13.0. The zero-order chi connectivity index (χ0) is 17.1. The summed E-state index contributed by atoms with van der Waals surface area (Å²) in [6.45, 7) is 5.73. The molecule has 0 radical (unpaired) electrons. The average molecular weight is 358 g/mol. The van der Waals surface area contributed by atoms with Gasteiger partial charge in [0.05, 0.1) is 6.54 Å². The summed E-state index contributed by atoms with van der Waals surface area (Å²) in [5.74, 6) is 0.765. The van der Waals surface area contributed by atoms with Crippen LogP contribution in [0, 0.1) is 5.82 Å². The first kappa shape index (κ1) is 16.4. The summed E-state index contributed by atoms with van der Waals surface area (Å²) < 4.78 is 18.7. The molecule has 1 saturated heterocycles. The van der Waals surface area contributed by atoms with E-state index in [9.17, 15) is 4.39 Å². The lowest BCUT2D eigenvalue weighted by Gasteiger charge is -2.33. The first-order chi connectivity index (χ1) is 12.3. The Balaban J connectivity index is 1.31. The van der Waals surface area contributed by atoms with Crippen molar-refractivity contribution in [3.05, 3.63) is 58.4 Å². The van der Waals surface area contributed by atoms with Gasteiger partial charge in [0.1, 0.15) is 5.82 Å². The predicted octanol–water partition coefficient (Wildman–Crippen LogP) is 3.26. The molecule has 0 bridgehead atoms. The zero-order valence-electron chi connectivity index (χ0n) is 13.8. The normalized spacial score (nSPS) is 16.4. The molecule has 0 saturated carbocycles. The molecule has 1 aliphatic heterocycles. The first-order valence-electron chi connectivity index (χ1n) is 8.32. The van der Waals surface area contributed by atoms with E-state index in [-0.39, 0.29) is 5.82 Å². The molecule has 1 fully saturated rings. The van der Waals surface area contributed by atoms with E-state index in [1.807, 2.05) is 11.3 Å². The Kier molecular flexibility index (Phi) is 4.87. The molecule has 3 aromatic rings. The summed E-state index contributed by atoms with van der Waals surface area (Å²) in [5, 5.41) is 10.3. The fraction of sp³-hybridized carbons (Fsp3) is 0.333. The number of hydrogen-bond acceptors (Lipinski definition) is 6. The summed E-state index contributed by atoms with van der Waals surface area (Å²) in [7, 11) is 0. The summed E-state index contributed by atoms with van der Waals surface area (Å²) >= 11 is 1.81. The minimum atomic E-state index is -0.274. The van der Waals surface area contributed by atoms with E-state index in [1.165, 1.54) is 17.0 Å². The van der Waals surface area contributed by atoms with E-state index in [0.29, 0.717) is 18.3 Å². The predicted molar refractivity (Wildman–Crippen MR) is 94.6 cm³/mol. The third-order valence-electron chi connectivity index (χ3n) is 4.34. The molecule has 2 aromatic heterocycles. The van der Waals surface area contributed by atoms with Crippen molar-refractivity contribution < 1.29 is 8.81 Å². The van der Waals surface area contributed by atoms with Crippen LogP contribution in [-0.4, -0.2) is 46.2 Å². The van der Waals surface area contributed by atoms with Crippen molar-refractivity contribution in [2.45, 2.75) is 13.1 Å². The highest BCUT2D eigenvalue weighted by molar-refractivity contribution is 7.09. The van der Waals surface area contributed by atoms with Gasteiger partial charge in [0.15, 0.2) is 0 Å². The number of rotatable bonds is 5. The van der Waals surface area contributed by atoms with Gasteiger partial charge in [0.25, 0.3) is 0 Å². The van der Waals surface area contributed by atoms with Crippen LogP contribution in [0.25, 0.3) is 11.5 Å². The SMILES string of the molecule is Fc1ccc(-c2nnc(CN3CCN(Cc4cccs4)CC3)o2)cc1. The van der Waals surface area contributed by atoms with Gasteiger partial charge in [0, 0.05) is 43.2 Å². The van der Waals surface area contributed by atoms with Crippen molar-refractivity contribution in [1.29, 1.82) is 0 Å². The Morgan fingerprint density at radius 1 is 0.960 bits per heavy atom. The largest absolute Gasteiger partial charge is 0.419 e. The van der Waals surface area contributed by atoms with E-state index in [4.69, 9.17) is 4.42 Å². The number of aromatic nitrogens is 2. The molecule has 0 aliphatic carbocycles. The zero-order valence-corrected chi connectivity index (χ0v) is 14.6. The van der Waals surface area contributed by atoms with Crippen LogP contribution < -0.4 is 0 Å². The minimum absolute atomic E-state index is 0.274. The smallest absolute Gasteiger partial charge is 0.247 e. The summed E-state index contributed by atoms with van der Waals surface area (Å²) in [6, 6.07) is 10.4. The molecule has 25 heavy (non-hydrogen) atoms. The molecule has 3 heterocycles. The third kappa shape index (κ3) is 4.12. The Bertz CT molecular complexity index is 795. The molecule has 0 unspecified atom stereocenters. The van der Waals surface area contributed by atoms with Crippen LogP contribution in [0.4, 0.5) is 4.39 Å². The fourth-order valence-corrected chi connectivity index (χ4v) is 3.69. The highest BCUT2D eigenvalue weighted by Crippen LogP contribution is 2.19. The molecule has 0 spiro atoms. The fourth-order valence-electron chi connectivity index (χ4n) is 2.95. The highest BCUT2D eigenvalue weighted by Gasteiger charge is 2.19. The van der Waals surface area contributed by atoms with Crippen molar-refractivity contribution >= 4 is 11.3 Å². The third-order valence-corrected chi connectivity index (χ3v) is 5.20. The summed E-state index contributed by atoms with van der Waals surface area (Å²) in [4.78, 5) is 6.21. The van der Waals surface area contributed by atoms with Gasteiger partial charge in [0.2, 0.25) is 11.8 Å². The van der Waals surface area contributed by atoms with Crippen molar-refractivity contribution in [2.75, 3.05) is 26.2 Å². The second-order valence-electron chi connectivity index (χ2n) is 6.14. The summed E-state index contributed by atoms with van der Waals surface area (Å²) in [6.07, 6.45) is 0. The van der Waals surface area contributed by atoms with Gasteiger partial charge >= 0.3 is 0 Å². The van der Waals surface area contributed by atoms with Crippen LogP contribution in [0.2, 0.25) is 0 Å². The van der Waals surface area contributed by atoms with E-state index >= 15 is 0 Å². The number of piperazine rings is 1. The van der Waals surface area contributed by atoms with Crippen LogP contribution in [0.3, 0.4) is 0 Å². The number of hydrogen-bond donors (Lipinski definition) is 0. The second-order valence-corrected chi connectivity index (χ2v) is 7.17. The Hall–Kier alpha value is -2.09. The lowest BCUT2D eigenvalue weighted by atomic mass is 10.2. The maximum absolute atomic E-state index is 13.0. The number of thiophene rings is 1. The number of benzene rings is 1. The summed E-state index contributed by atoms with van der Waals surface area (Å²) in [5.41, 5.74) is 0.737. The van der Waals surface area contributed by atoms with Crippen molar-refractivity contribution in [3.8, 4) is 11.5 Å². The topological polar surface area (TPSA) is 45.4 Å². The Labute approximate surface area is 149 Å². The standard InChI is InChI=1S/C18H19FN4OS/c19-15-5-3-14(4-6-15)18-21-20-17(24-18)13-23-9-7-22(8-10-23)12-16-2-1-11-25-16/h1-6,11H,7-10,12-13H2. The van der Waals surface area contributed by atoms with E-state index in [1.54, 1.807) is 12.1 Å². The van der Waals surface area contributed by atoms with Crippen molar-refractivity contribution in [3.63, 3.8) is 0 Å². The number of nitrogens with zero attached hydrogens (tertiary/aromatic N) is 4. The molecule has 1 aromatic carbocycles. The molecular formula is C18H19FN4OS. The van der Waals surface area contributed by atoms with Gasteiger partial charge in [-0.15, -0.1) is 21.5 Å². The Morgan fingerprint density at radius 2 is 1.68 bits per heavy atom. The maximum Gasteiger partial charge on any atom is 0.247 e. The molecule has 0 atom stereocenters. The van der Waals surface area contributed by atoms with E-state index in [2.05, 4.69) is 37.5 Å². The second kappa shape index (κ2) is 7.43. The Morgan fingerprint density at radius 3 is 2.36 bits per heavy atom. The van der Waals surface area contributed by atoms with Gasteiger partial charge in [-0.25, -0.2) is 4.39 Å². The van der Waals surface area contributed by atoms with Crippen LogP contribution >= 0.6 is 11.3 Å². The molecule has 5 nitrogen and oxygen atoms in total. The molecular weight excluding hydrogens is 339 g/mol. The molecule has 1 aliphatic rings. The van der Waals surface area contributed by atoms with Gasteiger partial charge in [-0.3, -0.25) is 9.80 Å². The monoisotopic (exact) mass is 358 g/mol. The highest BCUT2D eigenvalue weighted by atomic mass is 32.1.